The van der Waals surface area contributed by atoms with Gasteiger partial charge in [-0.3, -0.25) is 4.99 Å². The number of guanidine groups is 1. The third kappa shape index (κ3) is 9.28. The van der Waals surface area contributed by atoms with Crippen molar-refractivity contribution in [1.29, 1.82) is 0 Å². The number of hydrogen-bond donors (Lipinski definition) is 3. The van der Waals surface area contributed by atoms with Gasteiger partial charge in [-0.2, -0.15) is 0 Å². The second-order valence-corrected chi connectivity index (χ2v) is 5.76. The topological polar surface area (TPSA) is 56.7 Å². The molecular formula is C14H31N3O. The van der Waals surface area contributed by atoms with Gasteiger partial charge in [-0.15, -0.1) is 0 Å². The molecule has 0 aliphatic carbocycles. The monoisotopic (exact) mass is 257 g/mol. The summed E-state index contributed by atoms with van der Waals surface area (Å²) in [6.45, 7) is 12.5. The Morgan fingerprint density at radius 1 is 1.22 bits per heavy atom. The van der Waals surface area contributed by atoms with E-state index in [-0.39, 0.29) is 12.1 Å². The van der Waals surface area contributed by atoms with E-state index in [2.05, 4.69) is 50.2 Å². The lowest BCUT2D eigenvalue weighted by atomic mass is 10.0. The van der Waals surface area contributed by atoms with Crippen LogP contribution < -0.4 is 10.6 Å². The lowest BCUT2D eigenvalue weighted by Crippen LogP contribution is -2.47. The van der Waals surface area contributed by atoms with Crippen molar-refractivity contribution in [1.82, 2.24) is 10.6 Å². The first-order valence-electron chi connectivity index (χ1n) is 7.10. The Balaban J connectivity index is 4.43. The number of nitrogens with one attached hydrogen (secondary N) is 2. The van der Waals surface area contributed by atoms with Gasteiger partial charge in [0.25, 0.3) is 0 Å². The highest BCUT2D eigenvalue weighted by molar-refractivity contribution is 5.80. The number of nitrogens with zero attached hydrogens (tertiary/aromatic N) is 1. The molecule has 18 heavy (non-hydrogen) atoms. The van der Waals surface area contributed by atoms with Gasteiger partial charge in [0.2, 0.25) is 0 Å². The fraction of sp³-hybridized carbons (Fsp3) is 0.929. The van der Waals surface area contributed by atoms with Gasteiger partial charge in [0.15, 0.2) is 5.96 Å². The third-order valence-corrected chi connectivity index (χ3v) is 2.58. The molecule has 0 radical (unpaired) electrons. The van der Waals surface area contributed by atoms with Crippen LogP contribution in [0.25, 0.3) is 0 Å². The molecule has 0 aromatic carbocycles. The second-order valence-electron chi connectivity index (χ2n) is 5.76. The molecule has 0 aromatic heterocycles. The van der Waals surface area contributed by atoms with Crippen LogP contribution in [0.5, 0.6) is 0 Å². The summed E-state index contributed by atoms with van der Waals surface area (Å²) in [6.07, 6.45) is 3.11. The Morgan fingerprint density at radius 3 is 2.33 bits per heavy atom. The standard InChI is InChI=1S/C14H31N3O/c1-6-8-12(9-10-18)11-16-13(15-7-2)17-14(3,4)5/h12,18H,6-11H2,1-5H3,(H2,15,16,17). The van der Waals surface area contributed by atoms with Crippen LogP contribution in [-0.2, 0) is 0 Å². The first-order chi connectivity index (χ1) is 8.42. The molecule has 1 unspecified atom stereocenters. The predicted octanol–water partition coefficient (Wildman–Crippen LogP) is 2.14. The van der Waals surface area contributed by atoms with Gasteiger partial charge in [-0.25, -0.2) is 0 Å². The van der Waals surface area contributed by atoms with Crippen molar-refractivity contribution < 1.29 is 5.11 Å². The maximum absolute atomic E-state index is 9.04. The molecular weight excluding hydrogens is 226 g/mol. The van der Waals surface area contributed by atoms with E-state index in [9.17, 15) is 0 Å². The van der Waals surface area contributed by atoms with E-state index in [0.717, 1.165) is 38.3 Å². The number of aliphatic imine (C=N–C) groups is 1. The fourth-order valence-electron chi connectivity index (χ4n) is 1.80. The van der Waals surface area contributed by atoms with Crippen molar-refractivity contribution in [3.63, 3.8) is 0 Å². The molecule has 0 bridgehead atoms. The molecule has 4 nitrogen and oxygen atoms in total. The molecule has 0 aromatic rings. The average molecular weight is 257 g/mol. The van der Waals surface area contributed by atoms with Gasteiger partial charge in [-0.1, -0.05) is 13.3 Å². The van der Waals surface area contributed by atoms with Crippen LogP contribution in [0.4, 0.5) is 0 Å². The van der Waals surface area contributed by atoms with Crippen LogP contribution in [-0.4, -0.2) is 36.3 Å². The van der Waals surface area contributed by atoms with E-state index in [1.54, 1.807) is 0 Å². The summed E-state index contributed by atoms with van der Waals surface area (Å²) >= 11 is 0. The van der Waals surface area contributed by atoms with Crippen LogP contribution in [0.3, 0.4) is 0 Å². The van der Waals surface area contributed by atoms with E-state index in [1.165, 1.54) is 0 Å². The van der Waals surface area contributed by atoms with E-state index in [4.69, 9.17) is 5.11 Å². The molecule has 0 rings (SSSR count). The van der Waals surface area contributed by atoms with E-state index in [0.29, 0.717) is 5.92 Å². The molecule has 0 saturated heterocycles. The third-order valence-electron chi connectivity index (χ3n) is 2.58. The van der Waals surface area contributed by atoms with Gasteiger partial charge < -0.3 is 15.7 Å². The number of aliphatic hydroxyl groups excluding tert-OH is 1. The lowest BCUT2D eigenvalue weighted by molar-refractivity contribution is 0.253. The zero-order chi connectivity index (χ0) is 14.0. The maximum atomic E-state index is 9.04. The molecule has 0 spiro atoms. The largest absolute Gasteiger partial charge is 0.396 e. The van der Waals surface area contributed by atoms with Crippen molar-refractivity contribution in [2.75, 3.05) is 19.7 Å². The molecule has 0 fully saturated rings. The Kier molecular flexibility index (Phi) is 8.81. The summed E-state index contributed by atoms with van der Waals surface area (Å²) in [7, 11) is 0. The molecule has 0 saturated carbocycles. The molecule has 3 N–H and O–H groups in total. The first kappa shape index (κ1) is 17.2. The number of rotatable bonds is 7. The average Bonchev–Trinajstić information content (AvgIpc) is 2.24. The van der Waals surface area contributed by atoms with Gasteiger partial charge in [0, 0.05) is 25.2 Å². The van der Waals surface area contributed by atoms with Crippen molar-refractivity contribution in [3.05, 3.63) is 0 Å². The molecule has 108 valence electrons. The van der Waals surface area contributed by atoms with Gasteiger partial charge in [-0.05, 0) is 46.5 Å². The summed E-state index contributed by atoms with van der Waals surface area (Å²) in [5, 5.41) is 15.7. The van der Waals surface area contributed by atoms with Crippen LogP contribution in [0.2, 0.25) is 0 Å². The van der Waals surface area contributed by atoms with Crippen LogP contribution >= 0.6 is 0 Å². The van der Waals surface area contributed by atoms with Crippen LogP contribution in [0.15, 0.2) is 4.99 Å². The van der Waals surface area contributed by atoms with E-state index >= 15 is 0 Å². The van der Waals surface area contributed by atoms with Crippen molar-refractivity contribution in [2.24, 2.45) is 10.9 Å². The summed E-state index contributed by atoms with van der Waals surface area (Å²) in [6, 6.07) is 0. The van der Waals surface area contributed by atoms with Gasteiger partial charge >= 0.3 is 0 Å². The van der Waals surface area contributed by atoms with Crippen LogP contribution in [0.1, 0.15) is 53.9 Å². The summed E-state index contributed by atoms with van der Waals surface area (Å²) < 4.78 is 0. The molecule has 4 heteroatoms. The minimum atomic E-state index is 0.0121. The Morgan fingerprint density at radius 2 is 1.89 bits per heavy atom. The molecule has 1 atom stereocenters. The highest BCUT2D eigenvalue weighted by Gasteiger charge is 2.12. The Bertz CT molecular complexity index is 228. The first-order valence-corrected chi connectivity index (χ1v) is 7.10. The molecule has 0 aliphatic rings. The fourth-order valence-corrected chi connectivity index (χ4v) is 1.80. The van der Waals surface area contributed by atoms with Crippen molar-refractivity contribution in [3.8, 4) is 0 Å². The van der Waals surface area contributed by atoms with E-state index in [1.807, 2.05) is 0 Å². The Labute approximate surface area is 112 Å². The van der Waals surface area contributed by atoms with Crippen molar-refractivity contribution in [2.45, 2.75) is 59.4 Å². The van der Waals surface area contributed by atoms with Crippen LogP contribution in [0, 0.1) is 5.92 Å². The predicted molar refractivity (Wildman–Crippen MR) is 79.0 cm³/mol. The lowest BCUT2D eigenvalue weighted by Gasteiger charge is -2.24. The SMILES string of the molecule is CCCC(CCO)CN=C(NCC)NC(C)(C)C. The smallest absolute Gasteiger partial charge is 0.191 e. The molecule has 0 aliphatic heterocycles. The number of hydrogen-bond acceptors (Lipinski definition) is 2. The minimum absolute atomic E-state index is 0.0121. The summed E-state index contributed by atoms with van der Waals surface area (Å²) in [5.41, 5.74) is 0.0121. The Hall–Kier alpha value is -0.770. The van der Waals surface area contributed by atoms with Crippen molar-refractivity contribution >= 4 is 5.96 Å². The van der Waals surface area contributed by atoms with Gasteiger partial charge in [0.1, 0.15) is 0 Å². The highest BCUT2D eigenvalue weighted by Crippen LogP contribution is 2.11. The summed E-state index contributed by atoms with van der Waals surface area (Å²) in [5.74, 6) is 1.35. The zero-order valence-corrected chi connectivity index (χ0v) is 12.7. The highest BCUT2D eigenvalue weighted by atomic mass is 16.3. The summed E-state index contributed by atoms with van der Waals surface area (Å²) in [4.78, 5) is 4.62. The maximum Gasteiger partial charge on any atom is 0.191 e. The number of aliphatic hydroxyl groups is 1. The normalized spacial score (nSPS) is 14.4. The quantitative estimate of drug-likeness (QED) is 0.484. The van der Waals surface area contributed by atoms with Gasteiger partial charge in [0.05, 0.1) is 0 Å². The minimum Gasteiger partial charge on any atom is -0.396 e. The molecule has 0 heterocycles. The molecule has 0 amide bonds. The zero-order valence-electron chi connectivity index (χ0n) is 12.7. The van der Waals surface area contributed by atoms with E-state index < -0.39 is 0 Å². The second kappa shape index (κ2) is 9.20.